The maximum absolute atomic E-state index is 12.1. The van der Waals surface area contributed by atoms with Crippen molar-refractivity contribution in [2.45, 2.75) is 6.61 Å². The average Bonchev–Trinajstić information content (AvgIpc) is 2.68. The lowest BCUT2D eigenvalue weighted by atomic mass is 10.2. The predicted octanol–water partition coefficient (Wildman–Crippen LogP) is 4.03. The molecule has 124 valence electrons. The molecule has 0 aliphatic carbocycles. The number of ether oxygens (including phenoxy) is 1. The molecule has 0 unspecified atom stereocenters. The second-order valence-electron chi connectivity index (χ2n) is 5.41. The van der Waals surface area contributed by atoms with Crippen molar-refractivity contribution in [3.63, 3.8) is 0 Å². The van der Waals surface area contributed by atoms with Gasteiger partial charge in [-0.05, 0) is 35.4 Å². The van der Waals surface area contributed by atoms with Crippen LogP contribution in [0.1, 0.15) is 21.5 Å². The number of nitrogens with one attached hydrogen (secondary N) is 1. The molecule has 1 N–H and O–H groups in total. The number of nitrogens with zero attached hydrogens (tertiary/aromatic N) is 1. The maximum Gasteiger partial charge on any atom is 0.271 e. The van der Waals surface area contributed by atoms with E-state index >= 15 is 0 Å². The molecule has 0 heterocycles. The molecule has 25 heavy (non-hydrogen) atoms. The lowest BCUT2D eigenvalue weighted by molar-refractivity contribution is 0.0955. The monoisotopic (exact) mass is 330 g/mol. The maximum atomic E-state index is 12.1. The van der Waals surface area contributed by atoms with Crippen molar-refractivity contribution in [1.82, 2.24) is 5.43 Å². The third-order valence-electron chi connectivity index (χ3n) is 3.54. The van der Waals surface area contributed by atoms with Crippen molar-refractivity contribution in [3.05, 3.63) is 102 Å². The predicted molar refractivity (Wildman–Crippen MR) is 98.7 cm³/mol. The zero-order valence-corrected chi connectivity index (χ0v) is 13.6. The number of benzene rings is 3. The largest absolute Gasteiger partial charge is 0.489 e. The zero-order valence-electron chi connectivity index (χ0n) is 13.6. The summed E-state index contributed by atoms with van der Waals surface area (Å²) < 4.78 is 5.70. The first-order chi connectivity index (χ1) is 12.3. The van der Waals surface area contributed by atoms with E-state index in [0.717, 1.165) is 11.1 Å². The molecule has 3 aromatic carbocycles. The van der Waals surface area contributed by atoms with Crippen LogP contribution in [-0.2, 0) is 6.61 Å². The van der Waals surface area contributed by atoms with E-state index in [2.05, 4.69) is 10.5 Å². The Balaban J connectivity index is 1.52. The summed E-state index contributed by atoms with van der Waals surface area (Å²) in [5.74, 6) is 0.454. The fraction of sp³-hybridized carbons (Fsp3) is 0.0476. The van der Waals surface area contributed by atoms with Crippen molar-refractivity contribution in [1.29, 1.82) is 0 Å². The van der Waals surface area contributed by atoms with Crippen LogP contribution < -0.4 is 10.2 Å². The molecule has 4 heteroatoms. The first-order valence-corrected chi connectivity index (χ1v) is 7.96. The van der Waals surface area contributed by atoms with Gasteiger partial charge in [-0.3, -0.25) is 4.79 Å². The topological polar surface area (TPSA) is 50.7 Å². The first kappa shape index (κ1) is 16.5. The van der Waals surface area contributed by atoms with Crippen molar-refractivity contribution in [2.24, 2.45) is 5.10 Å². The van der Waals surface area contributed by atoms with E-state index in [1.807, 2.05) is 60.7 Å². The molecule has 0 bridgehead atoms. The summed E-state index contributed by atoms with van der Waals surface area (Å²) in [6.07, 6.45) is 1.61. The van der Waals surface area contributed by atoms with Crippen LogP contribution in [0.15, 0.2) is 90.0 Å². The van der Waals surface area contributed by atoms with Gasteiger partial charge in [0, 0.05) is 5.56 Å². The molecule has 0 aromatic heterocycles. The summed E-state index contributed by atoms with van der Waals surface area (Å²) in [6, 6.07) is 26.5. The van der Waals surface area contributed by atoms with Gasteiger partial charge in [-0.1, -0.05) is 60.7 Å². The standard InChI is InChI=1S/C21H18N2O2/c24-21(23-22-15-17-7-3-1-4-8-17)19-11-13-20(14-12-19)25-16-18-9-5-2-6-10-18/h1-15H,16H2,(H,23,24)/b22-15-. The van der Waals surface area contributed by atoms with Gasteiger partial charge in [0.25, 0.3) is 5.91 Å². The Morgan fingerprint density at radius 2 is 1.52 bits per heavy atom. The third kappa shape index (κ3) is 5.04. The number of carbonyl (C=O) groups excluding carboxylic acids is 1. The third-order valence-corrected chi connectivity index (χ3v) is 3.54. The van der Waals surface area contributed by atoms with Crippen molar-refractivity contribution in [3.8, 4) is 5.75 Å². The number of carbonyl (C=O) groups is 1. The number of amides is 1. The van der Waals surface area contributed by atoms with E-state index in [0.29, 0.717) is 17.9 Å². The molecule has 3 aromatic rings. The fourth-order valence-electron chi connectivity index (χ4n) is 2.21. The minimum Gasteiger partial charge on any atom is -0.489 e. The number of rotatable bonds is 6. The van der Waals surface area contributed by atoms with E-state index in [9.17, 15) is 4.79 Å². The van der Waals surface area contributed by atoms with Crippen molar-refractivity contribution < 1.29 is 9.53 Å². The van der Waals surface area contributed by atoms with Crippen LogP contribution in [0, 0.1) is 0 Å². The lowest BCUT2D eigenvalue weighted by Gasteiger charge is -2.07. The summed E-state index contributed by atoms with van der Waals surface area (Å²) in [5.41, 5.74) is 5.06. The molecular formula is C21H18N2O2. The van der Waals surface area contributed by atoms with Gasteiger partial charge >= 0.3 is 0 Å². The molecule has 0 aliphatic rings. The van der Waals surface area contributed by atoms with E-state index < -0.39 is 0 Å². The van der Waals surface area contributed by atoms with Crippen LogP contribution in [0.5, 0.6) is 5.75 Å². The summed E-state index contributed by atoms with van der Waals surface area (Å²) in [4.78, 5) is 12.1. The first-order valence-electron chi connectivity index (χ1n) is 7.96. The zero-order chi connectivity index (χ0) is 17.3. The second-order valence-corrected chi connectivity index (χ2v) is 5.41. The van der Waals surface area contributed by atoms with Crippen LogP contribution >= 0.6 is 0 Å². The smallest absolute Gasteiger partial charge is 0.271 e. The van der Waals surface area contributed by atoms with Crippen LogP contribution in [0.2, 0.25) is 0 Å². The molecule has 0 atom stereocenters. The molecular weight excluding hydrogens is 312 g/mol. The van der Waals surface area contributed by atoms with Gasteiger partial charge in [-0.25, -0.2) is 5.43 Å². The lowest BCUT2D eigenvalue weighted by Crippen LogP contribution is -2.17. The Labute approximate surface area is 146 Å². The molecule has 0 saturated heterocycles. The van der Waals surface area contributed by atoms with Gasteiger partial charge in [-0.2, -0.15) is 5.10 Å². The van der Waals surface area contributed by atoms with E-state index in [4.69, 9.17) is 4.74 Å². The van der Waals surface area contributed by atoms with Gasteiger partial charge in [-0.15, -0.1) is 0 Å². The van der Waals surface area contributed by atoms with E-state index in [1.165, 1.54) is 0 Å². The Bertz CT molecular complexity index is 829. The summed E-state index contributed by atoms with van der Waals surface area (Å²) in [7, 11) is 0. The molecule has 1 amide bonds. The molecule has 4 nitrogen and oxygen atoms in total. The van der Waals surface area contributed by atoms with Crippen molar-refractivity contribution >= 4 is 12.1 Å². The highest BCUT2D eigenvalue weighted by Gasteiger charge is 2.04. The number of hydrazone groups is 1. The van der Waals surface area contributed by atoms with Gasteiger partial charge in [0.15, 0.2) is 0 Å². The molecule has 0 aliphatic heterocycles. The Morgan fingerprint density at radius 1 is 0.880 bits per heavy atom. The Hall–Kier alpha value is -3.40. The van der Waals surface area contributed by atoms with Gasteiger partial charge < -0.3 is 4.74 Å². The Kier molecular flexibility index (Phi) is 5.56. The highest BCUT2D eigenvalue weighted by atomic mass is 16.5. The average molecular weight is 330 g/mol. The van der Waals surface area contributed by atoms with Crippen LogP contribution in [0.4, 0.5) is 0 Å². The number of hydrogen-bond donors (Lipinski definition) is 1. The molecule has 3 rings (SSSR count). The highest BCUT2D eigenvalue weighted by molar-refractivity contribution is 5.94. The summed E-state index contributed by atoms with van der Waals surface area (Å²) >= 11 is 0. The molecule has 0 fully saturated rings. The van der Waals surface area contributed by atoms with Gasteiger partial charge in [0.1, 0.15) is 12.4 Å². The van der Waals surface area contributed by atoms with Gasteiger partial charge in [0.2, 0.25) is 0 Å². The molecule has 0 spiro atoms. The Morgan fingerprint density at radius 3 is 2.20 bits per heavy atom. The van der Waals surface area contributed by atoms with Crippen LogP contribution in [0.3, 0.4) is 0 Å². The summed E-state index contributed by atoms with van der Waals surface area (Å²) in [5, 5.41) is 3.96. The molecule has 0 saturated carbocycles. The second kappa shape index (κ2) is 8.45. The quantitative estimate of drug-likeness (QED) is 0.548. The van der Waals surface area contributed by atoms with Crippen molar-refractivity contribution in [2.75, 3.05) is 0 Å². The van der Waals surface area contributed by atoms with Crippen LogP contribution in [-0.4, -0.2) is 12.1 Å². The normalized spacial score (nSPS) is 10.6. The van der Waals surface area contributed by atoms with E-state index in [-0.39, 0.29) is 5.91 Å². The minimum atomic E-state index is -0.262. The number of hydrogen-bond acceptors (Lipinski definition) is 3. The highest BCUT2D eigenvalue weighted by Crippen LogP contribution is 2.14. The minimum absolute atomic E-state index is 0.262. The van der Waals surface area contributed by atoms with E-state index in [1.54, 1.807) is 30.5 Å². The molecule has 0 radical (unpaired) electrons. The van der Waals surface area contributed by atoms with Crippen LogP contribution in [0.25, 0.3) is 0 Å². The van der Waals surface area contributed by atoms with Gasteiger partial charge in [0.05, 0.1) is 6.21 Å². The SMILES string of the molecule is O=C(N/N=C\c1ccccc1)c1ccc(OCc2ccccc2)cc1. The fourth-order valence-corrected chi connectivity index (χ4v) is 2.21. The summed E-state index contributed by atoms with van der Waals surface area (Å²) in [6.45, 7) is 0.494.